The number of halogens is 12. The maximum absolute atomic E-state index is 13.1. The van der Waals surface area contributed by atoms with Crippen LogP contribution >= 0.6 is 0 Å². The van der Waals surface area contributed by atoms with Gasteiger partial charge in [-0.1, -0.05) is 19.8 Å². The molecule has 0 fully saturated rings. The van der Waals surface area contributed by atoms with Gasteiger partial charge in [0.2, 0.25) is 0 Å². The van der Waals surface area contributed by atoms with Crippen LogP contribution in [0.3, 0.4) is 0 Å². The third-order valence-corrected chi connectivity index (χ3v) is 2.91. The zero-order chi connectivity index (χ0) is 19.6. The molecule has 0 nitrogen and oxygen atoms in total. The highest BCUT2D eigenvalue weighted by molar-refractivity contribution is 5.13. The predicted molar refractivity (Wildman–Crippen MR) is 59.4 cm³/mol. The largest absolute Gasteiger partial charge is 0.460 e. The Morgan fingerprint density at radius 3 is 1.58 bits per heavy atom. The second-order valence-electron chi connectivity index (χ2n) is 4.86. The number of unbranched alkanes of at least 4 members (excludes halogenated alkanes) is 1. The standard InChI is InChI=1S/C12H12F12/c1-2-3-4-7(13)5-6-8(14,15)9(16,17)10(18,19)11(20,21)12(22,23)24/h5-7H,2-4H2,1H3/b6-5+. The lowest BCUT2D eigenvalue weighted by atomic mass is 9.97. The number of allylic oxidation sites excluding steroid dienone is 2. The molecule has 0 spiro atoms. The first kappa shape index (κ1) is 22.9. The van der Waals surface area contributed by atoms with Crippen LogP contribution in [0.5, 0.6) is 0 Å². The lowest BCUT2D eigenvalue weighted by Crippen LogP contribution is -2.66. The Balaban J connectivity index is 5.64. The van der Waals surface area contributed by atoms with Crippen LogP contribution in [0.25, 0.3) is 0 Å². The van der Waals surface area contributed by atoms with Crippen LogP contribution in [-0.4, -0.2) is 36.0 Å². The molecule has 144 valence electrons. The molecule has 0 aromatic carbocycles. The van der Waals surface area contributed by atoms with Crippen LogP contribution < -0.4 is 0 Å². The number of hydrogen-bond donors (Lipinski definition) is 0. The average molecular weight is 384 g/mol. The van der Waals surface area contributed by atoms with Gasteiger partial charge in [0.25, 0.3) is 0 Å². The third kappa shape index (κ3) is 4.11. The fraction of sp³-hybridized carbons (Fsp3) is 0.833. The highest BCUT2D eigenvalue weighted by Gasteiger charge is 2.86. The molecular formula is C12H12F12. The van der Waals surface area contributed by atoms with E-state index in [4.69, 9.17) is 0 Å². The van der Waals surface area contributed by atoms with E-state index in [1.807, 2.05) is 0 Å². The van der Waals surface area contributed by atoms with E-state index in [0.29, 0.717) is 6.42 Å². The summed E-state index contributed by atoms with van der Waals surface area (Å²) in [5, 5.41) is 0. The van der Waals surface area contributed by atoms with E-state index in [1.54, 1.807) is 6.92 Å². The van der Waals surface area contributed by atoms with Crippen molar-refractivity contribution in [2.24, 2.45) is 0 Å². The summed E-state index contributed by atoms with van der Waals surface area (Å²) in [6, 6.07) is 0. The van der Waals surface area contributed by atoms with Gasteiger partial charge in [-0.05, 0) is 18.6 Å². The molecule has 0 radical (unpaired) electrons. The van der Waals surface area contributed by atoms with Gasteiger partial charge < -0.3 is 0 Å². The molecule has 0 heterocycles. The third-order valence-electron chi connectivity index (χ3n) is 2.91. The molecular weight excluding hydrogens is 372 g/mol. The SMILES string of the molecule is CCCCC(F)/C=C/C(F)(F)C(F)(F)C(F)(F)C(F)(F)C(F)(F)F. The number of rotatable bonds is 8. The molecule has 12 heteroatoms. The maximum atomic E-state index is 13.1. The van der Waals surface area contributed by atoms with Crippen molar-refractivity contribution >= 4 is 0 Å². The highest BCUT2D eigenvalue weighted by atomic mass is 19.4. The van der Waals surface area contributed by atoms with Gasteiger partial charge in [-0.25, -0.2) is 4.39 Å². The minimum atomic E-state index is -7.47. The minimum Gasteiger partial charge on any atom is -0.243 e. The second kappa shape index (κ2) is 7.03. The number of hydrogen-bond acceptors (Lipinski definition) is 0. The first-order chi connectivity index (χ1) is 10.5. The molecule has 0 aliphatic heterocycles. The van der Waals surface area contributed by atoms with Crippen LogP contribution in [0.2, 0.25) is 0 Å². The Hall–Kier alpha value is -1.10. The highest BCUT2D eigenvalue weighted by Crippen LogP contribution is 2.57. The number of alkyl halides is 12. The van der Waals surface area contributed by atoms with E-state index in [2.05, 4.69) is 0 Å². The lowest BCUT2D eigenvalue weighted by Gasteiger charge is -2.36. The molecule has 0 saturated heterocycles. The molecule has 0 N–H and O–H groups in total. The van der Waals surface area contributed by atoms with Gasteiger partial charge in [-0.15, -0.1) is 0 Å². The van der Waals surface area contributed by atoms with Crippen LogP contribution in [0, 0.1) is 0 Å². The van der Waals surface area contributed by atoms with Gasteiger partial charge in [0.05, 0.1) is 0 Å². The van der Waals surface area contributed by atoms with E-state index < -0.39 is 48.5 Å². The Morgan fingerprint density at radius 2 is 1.21 bits per heavy atom. The zero-order valence-electron chi connectivity index (χ0n) is 11.9. The van der Waals surface area contributed by atoms with Gasteiger partial charge in [-0.3, -0.25) is 0 Å². The van der Waals surface area contributed by atoms with Gasteiger partial charge in [0.1, 0.15) is 6.17 Å². The maximum Gasteiger partial charge on any atom is 0.460 e. The van der Waals surface area contributed by atoms with Crippen molar-refractivity contribution in [2.45, 2.75) is 62.2 Å². The molecule has 1 atom stereocenters. The van der Waals surface area contributed by atoms with E-state index >= 15 is 0 Å². The van der Waals surface area contributed by atoms with Crippen LogP contribution in [0.1, 0.15) is 26.2 Å². The van der Waals surface area contributed by atoms with E-state index in [9.17, 15) is 52.7 Å². The minimum absolute atomic E-state index is 0.107. The van der Waals surface area contributed by atoms with Crippen LogP contribution in [0.15, 0.2) is 12.2 Å². The predicted octanol–water partition coefficient (Wildman–Crippen LogP) is 6.17. The van der Waals surface area contributed by atoms with Gasteiger partial charge in [-0.2, -0.15) is 48.3 Å². The Morgan fingerprint density at radius 1 is 0.750 bits per heavy atom. The van der Waals surface area contributed by atoms with Crippen molar-refractivity contribution < 1.29 is 52.7 Å². The molecule has 0 rings (SSSR count). The normalized spacial score (nSPS) is 16.7. The van der Waals surface area contributed by atoms with Crippen LogP contribution in [0.4, 0.5) is 52.7 Å². The molecule has 0 aromatic heterocycles. The summed E-state index contributed by atoms with van der Waals surface area (Å²) in [6.45, 7) is 1.55. The van der Waals surface area contributed by atoms with E-state index in [1.165, 1.54) is 0 Å². The topological polar surface area (TPSA) is 0 Å². The quantitative estimate of drug-likeness (QED) is 0.347. The molecule has 0 aromatic rings. The zero-order valence-corrected chi connectivity index (χ0v) is 11.9. The summed E-state index contributed by atoms with van der Waals surface area (Å²) < 4.78 is 152. The summed E-state index contributed by atoms with van der Waals surface area (Å²) in [6.07, 6.45) is -10.9. The van der Waals surface area contributed by atoms with E-state index in [-0.39, 0.29) is 12.5 Å². The van der Waals surface area contributed by atoms with Crippen molar-refractivity contribution in [3.05, 3.63) is 12.2 Å². The van der Waals surface area contributed by atoms with Crippen LogP contribution in [-0.2, 0) is 0 Å². The Labute approximate surface area is 128 Å². The monoisotopic (exact) mass is 384 g/mol. The molecule has 0 amide bonds. The summed E-state index contributed by atoms with van der Waals surface area (Å²) in [4.78, 5) is 0. The summed E-state index contributed by atoms with van der Waals surface area (Å²) in [7, 11) is 0. The lowest BCUT2D eigenvalue weighted by molar-refractivity contribution is -0.416. The molecule has 0 aliphatic carbocycles. The van der Waals surface area contributed by atoms with Crippen molar-refractivity contribution in [3.63, 3.8) is 0 Å². The van der Waals surface area contributed by atoms with Crippen molar-refractivity contribution in [1.29, 1.82) is 0 Å². The summed E-state index contributed by atoms with van der Waals surface area (Å²) in [5.74, 6) is -28.2. The van der Waals surface area contributed by atoms with Gasteiger partial charge in [0.15, 0.2) is 0 Å². The molecule has 0 bridgehead atoms. The first-order valence-corrected chi connectivity index (χ1v) is 6.37. The first-order valence-electron chi connectivity index (χ1n) is 6.37. The fourth-order valence-electron chi connectivity index (χ4n) is 1.41. The van der Waals surface area contributed by atoms with Crippen molar-refractivity contribution in [3.8, 4) is 0 Å². The van der Waals surface area contributed by atoms with Crippen molar-refractivity contribution in [1.82, 2.24) is 0 Å². The summed E-state index contributed by atoms with van der Waals surface area (Å²) >= 11 is 0. The Kier molecular flexibility index (Phi) is 6.70. The fourth-order valence-corrected chi connectivity index (χ4v) is 1.41. The van der Waals surface area contributed by atoms with E-state index in [0.717, 1.165) is 0 Å². The molecule has 0 saturated carbocycles. The average Bonchev–Trinajstić information content (AvgIpc) is 2.41. The van der Waals surface area contributed by atoms with Crippen molar-refractivity contribution in [2.75, 3.05) is 0 Å². The smallest absolute Gasteiger partial charge is 0.243 e. The van der Waals surface area contributed by atoms with Gasteiger partial charge >= 0.3 is 29.9 Å². The molecule has 0 aliphatic rings. The Bertz CT molecular complexity index is 434. The molecule has 24 heavy (non-hydrogen) atoms. The second-order valence-corrected chi connectivity index (χ2v) is 4.86. The summed E-state index contributed by atoms with van der Waals surface area (Å²) in [5.41, 5.74) is 0. The molecule has 1 unspecified atom stereocenters. The van der Waals surface area contributed by atoms with Gasteiger partial charge in [0, 0.05) is 0 Å².